The summed E-state index contributed by atoms with van der Waals surface area (Å²) in [6.45, 7) is 1.90. The van der Waals surface area contributed by atoms with Crippen molar-refractivity contribution in [2.24, 2.45) is 0 Å². The zero-order valence-electron chi connectivity index (χ0n) is 16.3. The van der Waals surface area contributed by atoms with E-state index in [-0.39, 0.29) is 5.56 Å². The molecule has 0 radical (unpaired) electrons. The molecule has 0 aliphatic heterocycles. The van der Waals surface area contributed by atoms with Gasteiger partial charge in [0, 0.05) is 3.57 Å². The Hall–Kier alpha value is -2.94. The van der Waals surface area contributed by atoms with Crippen LogP contribution in [-0.2, 0) is 6.18 Å². The molecular weight excluding hydrogens is 516 g/mol. The first kappa shape index (κ1) is 21.3. The number of aryl methyl sites for hydroxylation is 1. The average Bonchev–Trinajstić information content (AvgIpc) is 2.73. The van der Waals surface area contributed by atoms with Gasteiger partial charge >= 0.3 is 6.18 Å². The van der Waals surface area contributed by atoms with Gasteiger partial charge in [0.25, 0.3) is 5.56 Å². The summed E-state index contributed by atoms with van der Waals surface area (Å²) in [5.41, 5.74) is 1.48. The van der Waals surface area contributed by atoms with Crippen LogP contribution in [0.25, 0.3) is 28.7 Å². The van der Waals surface area contributed by atoms with Crippen molar-refractivity contribution in [3.8, 4) is 5.69 Å². The largest absolute Gasteiger partial charge is 0.416 e. The first-order valence-corrected chi connectivity index (χ1v) is 10.5. The summed E-state index contributed by atoms with van der Waals surface area (Å²) in [6, 6.07) is 17.7. The van der Waals surface area contributed by atoms with Crippen molar-refractivity contribution in [3.05, 3.63) is 103 Å². The summed E-state index contributed by atoms with van der Waals surface area (Å²) >= 11 is 2.20. The van der Waals surface area contributed by atoms with Gasteiger partial charge < -0.3 is 0 Å². The lowest BCUT2D eigenvalue weighted by Gasteiger charge is -2.14. The van der Waals surface area contributed by atoms with Crippen LogP contribution in [0.1, 0.15) is 22.5 Å². The molecule has 0 aliphatic carbocycles. The maximum Gasteiger partial charge on any atom is 0.416 e. The summed E-state index contributed by atoms with van der Waals surface area (Å²) in [5, 5.41) is 0.469. The maximum absolute atomic E-state index is 13.3. The molecule has 0 unspecified atom stereocenters. The molecule has 0 amide bonds. The summed E-state index contributed by atoms with van der Waals surface area (Å²) < 4.78 is 41.6. The Labute approximate surface area is 190 Å². The second kappa shape index (κ2) is 8.30. The number of hydrogen-bond donors (Lipinski definition) is 0. The number of benzene rings is 3. The van der Waals surface area contributed by atoms with Crippen molar-refractivity contribution in [2.75, 3.05) is 0 Å². The van der Waals surface area contributed by atoms with Crippen molar-refractivity contribution < 1.29 is 13.2 Å². The summed E-state index contributed by atoms with van der Waals surface area (Å²) in [5.74, 6) is 0.338. The van der Waals surface area contributed by atoms with Gasteiger partial charge in [-0.1, -0.05) is 30.3 Å². The van der Waals surface area contributed by atoms with Gasteiger partial charge in [-0.05, 0) is 89.2 Å². The molecule has 0 saturated carbocycles. The molecule has 0 atom stereocenters. The first-order chi connectivity index (χ1) is 14.7. The van der Waals surface area contributed by atoms with Crippen molar-refractivity contribution in [1.82, 2.24) is 9.55 Å². The normalized spacial score (nSPS) is 12.0. The van der Waals surface area contributed by atoms with Gasteiger partial charge in [0.1, 0.15) is 5.82 Å². The van der Waals surface area contributed by atoms with Gasteiger partial charge in [0.15, 0.2) is 0 Å². The number of alkyl halides is 3. The number of hydrogen-bond acceptors (Lipinski definition) is 2. The maximum atomic E-state index is 13.3. The highest BCUT2D eigenvalue weighted by molar-refractivity contribution is 14.1. The molecule has 0 N–H and O–H groups in total. The summed E-state index contributed by atoms with van der Waals surface area (Å²) in [4.78, 5) is 17.9. The third kappa shape index (κ3) is 4.41. The monoisotopic (exact) mass is 532 g/mol. The lowest BCUT2D eigenvalue weighted by atomic mass is 10.1. The lowest BCUT2D eigenvalue weighted by molar-refractivity contribution is -0.137. The zero-order valence-corrected chi connectivity index (χ0v) is 18.5. The van der Waals surface area contributed by atoms with E-state index in [0.717, 1.165) is 21.3 Å². The van der Waals surface area contributed by atoms with Gasteiger partial charge in [-0.25, -0.2) is 4.98 Å². The molecule has 0 fully saturated rings. The SMILES string of the molecule is Cc1cc(I)ccc1-n1c(/C=C\c2cccc(C(F)(F)F)c2)nc2ccccc2c1=O. The fourth-order valence-electron chi connectivity index (χ4n) is 3.35. The predicted molar refractivity (Wildman–Crippen MR) is 125 cm³/mol. The number of rotatable bonds is 3. The Morgan fingerprint density at radius 1 is 0.968 bits per heavy atom. The molecule has 1 heterocycles. The van der Waals surface area contributed by atoms with Crippen LogP contribution < -0.4 is 5.56 Å². The molecule has 3 nitrogen and oxygen atoms in total. The van der Waals surface area contributed by atoms with Crippen LogP contribution in [0.4, 0.5) is 13.2 Å². The topological polar surface area (TPSA) is 34.9 Å². The van der Waals surface area contributed by atoms with E-state index in [2.05, 4.69) is 27.6 Å². The van der Waals surface area contributed by atoms with E-state index < -0.39 is 11.7 Å². The smallest absolute Gasteiger partial charge is 0.268 e. The van der Waals surface area contributed by atoms with Crippen molar-refractivity contribution in [1.29, 1.82) is 0 Å². The number of fused-ring (bicyclic) bond motifs is 1. The number of aromatic nitrogens is 2. The minimum Gasteiger partial charge on any atom is -0.268 e. The van der Waals surface area contributed by atoms with E-state index in [1.54, 1.807) is 36.4 Å². The van der Waals surface area contributed by atoms with E-state index >= 15 is 0 Å². The fraction of sp³-hybridized carbons (Fsp3) is 0.0833. The minimum absolute atomic E-state index is 0.237. The van der Waals surface area contributed by atoms with E-state index in [1.165, 1.54) is 16.7 Å². The van der Waals surface area contributed by atoms with Crippen molar-refractivity contribution >= 4 is 45.6 Å². The fourth-order valence-corrected chi connectivity index (χ4v) is 4.00. The van der Waals surface area contributed by atoms with E-state index in [4.69, 9.17) is 0 Å². The van der Waals surface area contributed by atoms with Crippen LogP contribution in [0.5, 0.6) is 0 Å². The molecule has 3 aromatic carbocycles. The number of para-hydroxylation sites is 1. The Kier molecular flexibility index (Phi) is 5.70. The highest BCUT2D eigenvalue weighted by atomic mass is 127. The minimum atomic E-state index is -4.43. The van der Waals surface area contributed by atoms with Crippen LogP contribution in [-0.4, -0.2) is 9.55 Å². The number of nitrogens with zero attached hydrogens (tertiary/aromatic N) is 2. The molecule has 0 spiro atoms. The van der Waals surface area contributed by atoms with Crippen LogP contribution in [0, 0.1) is 10.5 Å². The molecule has 7 heteroatoms. The van der Waals surface area contributed by atoms with Gasteiger partial charge in [0.2, 0.25) is 0 Å². The second-order valence-electron chi connectivity index (χ2n) is 7.02. The van der Waals surface area contributed by atoms with Crippen LogP contribution >= 0.6 is 22.6 Å². The first-order valence-electron chi connectivity index (χ1n) is 9.38. The molecule has 0 aliphatic rings. The van der Waals surface area contributed by atoms with Crippen molar-refractivity contribution in [2.45, 2.75) is 13.1 Å². The van der Waals surface area contributed by atoms with Gasteiger partial charge in [-0.3, -0.25) is 9.36 Å². The summed E-state index contributed by atoms with van der Waals surface area (Å²) in [7, 11) is 0. The standard InChI is InChI=1S/C24H16F3IN2O/c1-15-13-18(28)10-11-21(15)30-22(29-20-8-3-2-7-19(20)23(30)31)12-9-16-5-4-6-17(14-16)24(25,26)27/h2-14H,1H3/b12-9-. The Bertz CT molecular complexity index is 1370. The summed E-state index contributed by atoms with van der Waals surface area (Å²) in [6.07, 6.45) is -1.32. The van der Waals surface area contributed by atoms with Gasteiger partial charge in [0.05, 0.1) is 22.2 Å². The van der Waals surface area contributed by atoms with E-state index in [0.29, 0.717) is 28.0 Å². The van der Waals surface area contributed by atoms with Gasteiger partial charge in [-0.15, -0.1) is 0 Å². The third-order valence-electron chi connectivity index (χ3n) is 4.84. The Balaban J connectivity index is 1.91. The Morgan fingerprint density at radius 3 is 2.48 bits per heavy atom. The lowest BCUT2D eigenvalue weighted by Crippen LogP contribution is -2.23. The molecule has 4 aromatic rings. The molecule has 156 valence electrons. The predicted octanol–water partition coefficient (Wildman–Crippen LogP) is 6.49. The van der Waals surface area contributed by atoms with E-state index in [1.807, 2.05) is 25.1 Å². The molecule has 0 saturated heterocycles. The number of halogens is 4. The zero-order chi connectivity index (χ0) is 22.2. The van der Waals surface area contributed by atoms with E-state index in [9.17, 15) is 18.0 Å². The highest BCUT2D eigenvalue weighted by Gasteiger charge is 2.30. The average molecular weight is 532 g/mol. The molecule has 31 heavy (non-hydrogen) atoms. The van der Waals surface area contributed by atoms with Crippen molar-refractivity contribution in [3.63, 3.8) is 0 Å². The quantitative estimate of drug-likeness (QED) is 0.283. The third-order valence-corrected chi connectivity index (χ3v) is 5.51. The molecular formula is C24H16F3IN2O. The van der Waals surface area contributed by atoms with Crippen LogP contribution in [0.15, 0.2) is 71.5 Å². The highest BCUT2D eigenvalue weighted by Crippen LogP contribution is 2.30. The van der Waals surface area contributed by atoms with Gasteiger partial charge in [-0.2, -0.15) is 13.2 Å². The molecule has 1 aromatic heterocycles. The molecule has 0 bridgehead atoms. The molecule has 4 rings (SSSR count). The van der Waals surface area contributed by atoms with Crippen LogP contribution in [0.2, 0.25) is 0 Å². The van der Waals surface area contributed by atoms with Crippen LogP contribution in [0.3, 0.4) is 0 Å². The second-order valence-corrected chi connectivity index (χ2v) is 8.26. The Morgan fingerprint density at radius 2 is 1.74 bits per heavy atom.